The summed E-state index contributed by atoms with van der Waals surface area (Å²) in [5, 5.41) is 6.08. The van der Waals surface area contributed by atoms with Crippen molar-refractivity contribution in [2.24, 2.45) is 0 Å². The highest BCUT2D eigenvalue weighted by Crippen LogP contribution is 2.37. The number of benzene rings is 2. The van der Waals surface area contributed by atoms with E-state index in [2.05, 4.69) is 15.5 Å². The Morgan fingerprint density at radius 1 is 0.894 bits per heavy atom. The number of carbonyl (C=O) groups excluding carboxylic acids is 4. The lowest BCUT2D eigenvalue weighted by molar-refractivity contribution is 0.0359. The molecule has 2 fully saturated rings. The van der Waals surface area contributed by atoms with Crippen LogP contribution in [0.25, 0.3) is 10.4 Å². The van der Waals surface area contributed by atoms with Crippen LogP contribution in [-0.2, 0) is 16.1 Å². The molecule has 3 heterocycles. The Hall–Kier alpha value is -4.42. The van der Waals surface area contributed by atoms with Gasteiger partial charge in [-0.2, -0.15) is 0 Å². The first-order valence-electron chi connectivity index (χ1n) is 16.2. The molecule has 0 radical (unpaired) electrons. The summed E-state index contributed by atoms with van der Waals surface area (Å²) >= 11 is 1.32. The molecule has 0 saturated carbocycles. The largest absolute Gasteiger partial charge is 0.457 e. The fourth-order valence-electron chi connectivity index (χ4n) is 5.82. The highest BCUT2D eigenvalue weighted by Gasteiger charge is 2.32. The first-order chi connectivity index (χ1) is 22.7. The summed E-state index contributed by atoms with van der Waals surface area (Å²) in [6.45, 7) is 10.1. The number of amides is 4. The summed E-state index contributed by atoms with van der Waals surface area (Å²) in [5.41, 5.74) is 2.60. The number of carbonyl (C=O) groups is 4. The lowest BCUT2D eigenvalue weighted by atomic mass is 10.0. The van der Waals surface area contributed by atoms with Crippen molar-refractivity contribution in [2.45, 2.75) is 52.4 Å². The number of hydrogen-bond acceptors (Lipinski definition) is 8. The maximum atomic E-state index is 13.8. The summed E-state index contributed by atoms with van der Waals surface area (Å²) in [7, 11) is 0. The summed E-state index contributed by atoms with van der Waals surface area (Å²) < 4.78 is 10.8. The van der Waals surface area contributed by atoms with E-state index in [-0.39, 0.29) is 30.7 Å². The van der Waals surface area contributed by atoms with E-state index >= 15 is 0 Å². The average Bonchev–Trinajstić information content (AvgIpc) is 3.50. The van der Waals surface area contributed by atoms with E-state index in [0.29, 0.717) is 54.9 Å². The van der Waals surface area contributed by atoms with Gasteiger partial charge in [-0.05, 0) is 62.9 Å². The molecule has 250 valence electrons. The van der Waals surface area contributed by atoms with Gasteiger partial charge >= 0.3 is 18.1 Å². The first-order valence-corrected chi connectivity index (χ1v) is 17.0. The third kappa shape index (κ3) is 8.89. The Labute approximate surface area is 279 Å². The minimum atomic E-state index is -0.417. The molecule has 12 heteroatoms. The van der Waals surface area contributed by atoms with Crippen molar-refractivity contribution in [1.82, 2.24) is 20.0 Å². The van der Waals surface area contributed by atoms with E-state index in [0.717, 1.165) is 41.9 Å². The number of ether oxygens (including phenoxy) is 2. The van der Waals surface area contributed by atoms with E-state index in [9.17, 15) is 19.2 Å². The van der Waals surface area contributed by atoms with Crippen molar-refractivity contribution in [3.8, 4) is 10.4 Å². The van der Waals surface area contributed by atoms with Gasteiger partial charge in [0.25, 0.3) is 5.91 Å². The van der Waals surface area contributed by atoms with Gasteiger partial charge in [0.2, 0.25) is 0 Å². The SMILES string of the molecule is CCNC(=O)Nc1sc(-c2ccc(C(=O)OCc3ccccc3)cc2)cc1C(=O)N1CCN(C2CCN(C(=O)OC(C)C)CC2)CC1. The Morgan fingerprint density at radius 3 is 2.21 bits per heavy atom. The Bertz CT molecular complexity index is 1530. The number of piperazine rings is 1. The second-order valence-electron chi connectivity index (χ2n) is 12.0. The van der Waals surface area contributed by atoms with Gasteiger partial charge in [0.1, 0.15) is 11.6 Å². The lowest BCUT2D eigenvalue weighted by Crippen LogP contribution is -2.54. The number of likely N-dealkylation sites (tertiary alicyclic amines) is 1. The molecule has 47 heavy (non-hydrogen) atoms. The maximum Gasteiger partial charge on any atom is 0.410 e. The van der Waals surface area contributed by atoms with Crippen molar-refractivity contribution in [3.63, 3.8) is 0 Å². The molecular weight excluding hydrogens is 618 g/mol. The van der Waals surface area contributed by atoms with Gasteiger partial charge in [-0.1, -0.05) is 42.5 Å². The molecule has 3 aromatic rings. The first kappa shape index (κ1) is 33.9. The summed E-state index contributed by atoms with van der Waals surface area (Å²) in [4.78, 5) is 58.1. The van der Waals surface area contributed by atoms with Crippen LogP contribution in [0.5, 0.6) is 0 Å². The molecule has 5 rings (SSSR count). The van der Waals surface area contributed by atoms with E-state index in [1.807, 2.05) is 74.2 Å². The Kier molecular flexibility index (Phi) is 11.5. The number of hydrogen-bond donors (Lipinski definition) is 2. The van der Waals surface area contributed by atoms with Gasteiger partial charge in [0.15, 0.2) is 0 Å². The number of piperidine rings is 1. The zero-order valence-electron chi connectivity index (χ0n) is 27.2. The predicted octanol–water partition coefficient (Wildman–Crippen LogP) is 5.68. The van der Waals surface area contributed by atoms with Crippen molar-refractivity contribution in [2.75, 3.05) is 51.1 Å². The molecule has 0 spiro atoms. The van der Waals surface area contributed by atoms with E-state index in [1.165, 1.54) is 11.3 Å². The highest BCUT2D eigenvalue weighted by atomic mass is 32.1. The normalized spacial score (nSPS) is 15.7. The minimum absolute atomic E-state index is 0.133. The summed E-state index contributed by atoms with van der Waals surface area (Å²) in [5.74, 6) is -0.550. The minimum Gasteiger partial charge on any atom is -0.457 e. The molecule has 2 aliphatic heterocycles. The molecule has 2 N–H and O–H groups in total. The van der Waals surface area contributed by atoms with E-state index in [1.54, 1.807) is 17.0 Å². The lowest BCUT2D eigenvalue weighted by Gasteiger charge is -2.42. The Balaban J connectivity index is 1.22. The van der Waals surface area contributed by atoms with Crippen molar-refractivity contribution in [1.29, 1.82) is 0 Å². The zero-order valence-corrected chi connectivity index (χ0v) is 28.0. The topological polar surface area (TPSA) is 121 Å². The number of esters is 1. The zero-order chi connectivity index (χ0) is 33.3. The number of anilines is 1. The standard InChI is InChI=1S/C35H43N5O6S/c1-4-36-34(43)37-31-29(22-30(47-31)26-10-12-27(13-11-26)33(42)45-23-25-8-6-5-7-9-25)32(41)39-20-18-38(19-21-39)28-14-16-40(17-15-28)35(44)46-24(2)3/h5-13,22,24,28H,4,14-21,23H2,1-3H3,(H2,36,37,43). The van der Waals surface area contributed by atoms with Crippen LogP contribution in [0, 0.1) is 0 Å². The van der Waals surface area contributed by atoms with Gasteiger partial charge < -0.3 is 24.6 Å². The molecular formula is C35H43N5O6S. The van der Waals surface area contributed by atoms with Crippen LogP contribution < -0.4 is 10.6 Å². The smallest absolute Gasteiger partial charge is 0.410 e. The second kappa shape index (κ2) is 15.9. The van der Waals surface area contributed by atoms with Crippen LogP contribution >= 0.6 is 11.3 Å². The number of thiophene rings is 1. The van der Waals surface area contributed by atoms with Crippen molar-refractivity contribution < 1.29 is 28.7 Å². The predicted molar refractivity (Wildman–Crippen MR) is 182 cm³/mol. The molecule has 4 amide bonds. The Morgan fingerprint density at radius 2 is 1.57 bits per heavy atom. The molecule has 2 aromatic carbocycles. The van der Waals surface area contributed by atoms with Gasteiger partial charge in [-0.15, -0.1) is 11.3 Å². The number of nitrogens with zero attached hydrogens (tertiary/aromatic N) is 3. The quantitative estimate of drug-likeness (QED) is 0.283. The van der Waals surface area contributed by atoms with Crippen LogP contribution in [0.3, 0.4) is 0 Å². The van der Waals surface area contributed by atoms with Crippen molar-refractivity contribution in [3.05, 3.63) is 77.4 Å². The van der Waals surface area contributed by atoms with Gasteiger partial charge in [0, 0.05) is 56.7 Å². The van der Waals surface area contributed by atoms with Gasteiger partial charge in [-0.25, -0.2) is 14.4 Å². The average molecular weight is 662 g/mol. The molecule has 11 nitrogen and oxygen atoms in total. The number of nitrogens with one attached hydrogen (secondary N) is 2. The fraction of sp³-hybridized carbons (Fsp3) is 0.429. The molecule has 0 atom stereocenters. The molecule has 0 unspecified atom stereocenters. The molecule has 1 aromatic heterocycles. The molecule has 0 aliphatic carbocycles. The second-order valence-corrected chi connectivity index (χ2v) is 13.0. The molecule has 0 bridgehead atoms. The van der Waals surface area contributed by atoms with E-state index < -0.39 is 5.97 Å². The highest BCUT2D eigenvalue weighted by molar-refractivity contribution is 7.20. The fourth-order valence-corrected chi connectivity index (χ4v) is 6.87. The third-order valence-corrected chi connectivity index (χ3v) is 9.42. The van der Waals surface area contributed by atoms with Crippen molar-refractivity contribution >= 4 is 40.3 Å². The number of urea groups is 1. The third-order valence-electron chi connectivity index (χ3n) is 8.32. The monoisotopic (exact) mass is 661 g/mol. The van der Waals surface area contributed by atoms with Crippen LogP contribution in [0.4, 0.5) is 14.6 Å². The van der Waals surface area contributed by atoms with Gasteiger partial charge in [-0.3, -0.25) is 15.0 Å². The molecule has 2 saturated heterocycles. The van der Waals surface area contributed by atoms with Crippen LogP contribution in [0.1, 0.15) is 59.9 Å². The number of rotatable bonds is 9. The molecule has 2 aliphatic rings. The van der Waals surface area contributed by atoms with Crippen LogP contribution in [0.2, 0.25) is 0 Å². The maximum absolute atomic E-state index is 13.8. The van der Waals surface area contributed by atoms with E-state index in [4.69, 9.17) is 9.47 Å². The van der Waals surface area contributed by atoms with Crippen LogP contribution in [-0.4, -0.2) is 96.7 Å². The van der Waals surface area contributed by atoms with Crippen LogP contribution in [0.15, 0.2) is 60.7 Å². The van der Waals surface area contributed by atoms with Gasteiger partial charge in [0.05, 0.1) is 17.2 Å². The summed E-state index contributed by atoms with van der Waals surface area (Å²) in [6, 6.07) is 18.4. The summed E-state index contributed by atoms with van der Waals surface area (Å²) in [6.07, 6.45) is 1.36.